The SMILES string of the molecule is COc1ccc(OC)c2c(OC)ccc(CO)c12. The van der Waals surface area contributed by atoms with E-state index in [0.29, 0.717) is 17.2 Å². The van der Waals surface area contributed by atoms with E-state index >= 15 is 0 Å². The van der Waals surface area contributed by atoms with Crippen LogP contribution in [0.25, 0.3) is 10.8 Å². The summed E-state index contributed by atoms with van der Waals surface area (Å²) in [6.45, 7) is -0.0655. The molecule has 0 fully saturated rings. The maximum atomic E-state index is 9.45. The summed E-state index contributed by atoms with van der Waals surface area (Å²) < 4.78 is 16.1. The maximum Gasteiger partial charge on any atom is 0.130 e. The number of hydrogen-bond donors (Lipinski definition) is 1. The molecule has 0 heterocycles. The second-order valence-corrected chi connectivity index (χ2v) is 3.81. The smallest absolute Gasteiger partial charge is 0.130 e. The Labute approximate surface area is 106 Å². The number of aliphatic hydroxyl groups is 1. The van der Waals surface area contributed by atoms with Crippen molar-refractivity contribution in [1.82, 2.24) is 0 Å². The van der Waals surface area contributed by atoms with E-state index in [4.69, 9.17) is 14.2 Å². The first kappa shape index (κ1) is 12.5. The molecule has 4 nitrogen and oxygen atoms in total. The van der Waals surface area contributed by atoms with Gasteiger partial charge in [-0.05, 0) is 23.8 Å². The summed E-state index contributed by atoms with van der Waals surface area (Å²) in [4.78, 5) is 0. The molecular formula is C14H16O4. The second-order valence-electron chi connectivity index (χ2n) is 3.81. The zero-order valence-electron chi connectivity index (χ0n) is 10.7. The van der Waals surface area contributed by atoms with Gasteiger partial charge in [0.2, 0.25) is 0 Å². The van der Waals surface area contributed by atoms with Crippen molar-refractivity contribution in [1.29, 1.82) is 0 Å². The van der Waals surface area contributed by atoms with Crippen molar-refractivity contribution >= 4 is 10.8 Å². The van der Waals surface area contributed by atoms with Crippen LogP contribution in [0.3, 0.4) is 0 Å². The lowest BCUT2D eigenvalue weighted by Crippen LogP contribution is -1.96. The molecule has 18 heavy (non-hydrogen) atoms. The van der Waals surface area contributed by atoms with Gasteiger partial charge in [0.1, 0.15) is 17.2 Å². The van der Waals surface area contributed by atoms with Gasteiger partial charge < -0.3 is 19.3 Å². The standard InChI is InChI=1S/C14H16O4/c1-16-10-6-7-12(18-3)14-11(17-2)5-4-9(8-15)13(10)14/h4-7,15H,8H2,1-3H3. The van der Waals surface area contributed by atoms with Crippen molar-refractivity contribution in [3.8, 4) is 17.2 Å². The highest BCUT2D eigenvalue weighted by Gasteiger charge is 2.15. The summed E-state index contributed by atoms with van der Waals surface area (Å²) in [6, 6.07) is 7.28. The molecule has 0 saturated heterocycles. The van der Waals surface area contributed by atoms with Crippen LogP contribution >= 0.6 is 0 Å². The van der Waals surface area contributed by atoms with Gasteiger partial charge in [0, 0.05) is 5.39 Å². The normalized spacial score (nSPS) is 10.4. The van der Waals surface area contributed by atoms with Gasteiger partial charge >= 0.3 is 0 Å². The molecule has 96 valence electrons. The van der Waals surface area contributed by atoms with E-state index in [2.05, 4.69) is 0 Å². The predicted octanol–water partition coefficient (Wildman–Crippen LogP) is 2.36. The Hall–Kier alpha value is -1.94. The van der Waals surface area contributed by atoms with Gasteiger partial charge in [-0.2, -0.15) is 0 Å². The number of fused-ring (bicyclic) bond motifs is 1. The summed E-state index contributed by atoms with van der Waals surface area (Å²) in [5.74, 6) is 2.07. The molecule has 0 aromatic heterocycles. The minimum atomic E-state index is -0.0655. The van der Waals surface area contributed by atoms with Crippen LogP contribution in [-0.2, 0) is 6.61 Å². The molecule has 2 aromatic carbocycles. The molecule has 2 rings (SSSR count). The van der Waals surface area contributed by atoms with Crippen LogP contribution in [0, 0.1) is 0 Å². The third kappa shape index (κ3) is 1.84. The molecule has 0 spiro atoms. The topological polar surface area (TPSA) is 47.9 Å². The summed E-state index contributed by atoms with van der Waals surface area (Å²) in [6.07, 6.45) is 0. The van der Waals surface area contributed by atoms with Crippen molar-refractivity contribution < 1.29 is 19.3 Å². The summed E-state index contributed by atoms with van der Waals surface area (Å²) in [5.41, 5.74) is 0.779. The number of ether oxygens (including phenoxy) is 3. The monoisotopic (exact) mass is 248 g/mol. The van der Waals surface area contributed by atoms with Gasteiger partial charge in [-0.15, -0.1) is 0 Å². The van der Waals surface area contributed by atoms with Crippen molar-refractivity contribution in [3.05, 3.63) is 29.8 Å². The Morgan fingerprint density at radius 3 is 1.67 bits per heavy atom. The maximum absolute atomic E-state index is 9.45. The average Bonchev–Trinajstić information content (AvgIpc) is 2.44. The highest BCUT2D eigenvalue weighted by atomic mass is 16.5. The zero-order chi connectivity index (χ0) is 13.1. The molecule has 0 atom stereocenters. The fourth-order valence-corrected chi connectivity index (χ4v) is 2.11. The number of methoxy groups -OCH3 is 3. The van der Waals surface area contributed by atoms with Gasteiger partial charge in [-0.25, -0.2) is 0 Å². The molecule has 0 aliphatic rings. The molecule has 0 radical (unpaired) electrons. The molecule has 1 N–H and O–H groups in total. The van der Waals surface area contributed by atoms with Crippen LogP contribution in [0.2, 0.25) is 0 Å². The minimum Gasteiger partial charge on any atom is -0.496 e. The van der Waals surface area contributed by atoms with Crippen LogP contribution in [0.15, 0.2) is 24.3 Å². The van der Waals surface area contributed by atoms with Crippen LogP contribution < -0.4 is 14.2 Å². The fraction of sp³-hybridized carbons (Fsp3) is 0.286. The van der Waals surface area contributed by atoms with Crippen molar-refractivity contribution in [3.63, 3.8) is 0 Å². The molecular weight excluding hydrogens is 232 g/mol. The first-order valence-electron chi connectivity index (χ1n) is 5.58. The first-order valence-corrected chi connectivity index (χ1v) is 5.58. The van der Waals surface area contributed by atoms with Gasteiger partial charge in [0.05, 0.1) is 33.3 Å². The Morgan fingerprint density at radius 2 is 1.22 bits per heavy atom. The molecule has 4 heteroatoms. The van der Waals surface area contributed by atoms with Gasteiger partial charge in [0.15, 0.2) is 0 Å². The summed E-state index contributed by atoms with van der Waals surface area (Å²) in [7, 11) is 4.81. The van der Waals surface area contributed by atoms with Crippen LogP contribution in [0.1, 0.15) is 5.56 Å². The molecule has 0 saturated carbocycles. The summed E-state index contributed by atoms with van der Waals surface area (Å²) >= 11 is 0. The van der Waals surface area contributed by atoms with Gasteiger partial charge in [-0.1, -0.05) is 6.07 Å². The van der Waals surface area contributed by atoms with Gasteiger partial charge in [0.25, 0.3) is 0 Å². The lowest BCUT2D eigenvalue weighted by molar-refractivity contribution is 0.282. The molecule has 0 unspecified atom stereocenters. The van der Waals surface area contributed by atoms with Crippen LogP contribution in [0.4, 0.5) is 0 Å². The van der Waals surface area contributed by atoms with E-state index in [1.165, 1.54) is 0 Å². The van der Waals surface area contributed by atoms with Crippen LogP contribution in [-0.4, -0.2) is 26.4 Å². The van der Waals surface area contributed by atoms with E-state index < -0.39 is 0 Å². The summed E-state index contributed by atoms with van der Waals surface area (Å²) in [5, 5.41) is 11.1. The molecule has 2 aromatic rings. The van der Waals surface area contributed by atoms with Gasteiger partial charge in [-0.3, -0.25) is 0 Å². The first-order chi connectivity index (χ1) is 8.76. The second kappa shape index (κ2) is 5.14. The molecule has 0 amide bonds. The van der Waals surface area contributed by atoms with E-state index in [9.17, 15) is 5.11 Å². The molecule has 0 aliphatic carbocycles. The minimum absolute atomic E-state index is 0.0655. The van der Waals surface area contributed by atoms with E-state index in [1.807, 2.05) is 24.3 Å². The van der Waals surface area contributed by atoms with E-state index in [1.54, 1.807) is 21.3 Å². The highest BCUT2D eigenvalue weighted by molar-refractivity contribution is 6.00. The number of benzene rings is 2. The Morgan fingerprint density at radius 1 is 0.778 bits per heavy atom. The van der Waals surface area contributed by atoms with Crippen molar-refractivity contribution in [2.75, 3.05) is 21.3 Å². The number of rotatable bonds is 4. The lowest BCUT2D eigenvalue weighted by atomic mass is 10.0. The average molecular weight is 248 g/mol. The van der Waals surface area contributed by atoms with E-state index in [0.717, 1.165) is 16.3 Å². The Balaban J connectivity index is 2.92. The zero-order valence-corrected chi connectivity index (χ0v) is 10.7. The number of hydrogen-bond acceptors (Lipinski definition) is 4. The highest BCUT2D eigenvalue weighted by Crippen LogP contribution is 2.41. The third-order valence-electron chi connectivity index (χ3n) is 2.96. The van der Waals surface area contributed by atoms with Crippen LogP contribution in [0.5, 0.6) is 17.2 Å². The quantitative estimate of drug-likeness (QED) is 0.902. The lowest BCUT2D eigenvalue weighted by Gasteiger charge is -2.15. The largest absolute Gasteiger partial charge is 0.496 e. The third-order valence-corrected chi connectivity index (χ3v) is 2.96. The molecule has 0 bridgehead atoms. The number of aliphatic hydroxyl groups excluding tert-OH is 1. The Bertz CT molecular complexity index is 466. The Kier molecular flexibility index (Phi) is 3.58. The van der Waals surface area contributed by atoms with Crippen molar-refractivity contribution in [2.24, 2.45) is 0 Å². The van der Waals surface area contributed by atoms with Crippen molar-refractivity contribution in [2.45, 2.75) is 6.61 Å². The van der Waals surface area contributed by atoms with E-state index in [-0.39, 0.29) is 6.61 Å². The fourth-order valence-electron chi connectivity index (χ4n) is 2.11. The predicted molar refractivity (Wildman–Crippen MR) is 69.5 cm³/mol. The molecule has 0 aliphatic heterocycles.